The van der Waals surface area contributed by atoms with Gasteiger partial charge in [-0.05, 0) is 73.5 Å². The number of benzene rings is 1. The number of rotatable bonds is 9. The topological polar surface area (TPSA) is 33.9 Å². The van der Waals surface area contributed by atoms with Crippen molar-refractivity contribution in [1.82, 2.24) is 14.5 Å². The first-order valence-corrected chi connectivity index (χ1v) is 10.9. The zero-order chi connectivity index (χ0) is 23.4. The highest BCUT2D eigenvalue weighted by molar-refractivity contribution is 5.88. The van der Waals surface area contributed by atoms with Crippen LogP contribution < -0.4 is 10.6 Å². The molecule has 3 rings (SSSR count). The number of hydrogen-bond donors (Lipinski definition) is 2. The molecule has 0 radical (unpaired) electrons. The Hall–Kier alpha value is -3.66. The number of nitrogens with zero attached hydrogens (tertiary/aromatic N) is 2. The van der Waals surface area contributed by atoms with Gasteiger partial charge in [-0.2, -0.15) is 0 Å². The van der Waals surface area contributed by atoms with E-state index in [1.807, 2.05) is 13.0 Å². The van der Waals surface area contributed by atoms with E-state index in [2.05, 4.69) is 116 Å². The predicted octanol–water partition coefficient (Wildman–Crippen LogP) is 7.12. The number of anilines is 1. The Bertz CT molecular complexity index is 1230. The molecule has 4 heteroatoms. The standard InChI is InChI=1S/C28H34N4/c1-9-25(30-21(6)19(3)4)15-20(5)24-17-28(31(8)18-24)22(7)32-14-13-23-16-26(29-10-2)11-12-27(23)32/h9-19,29-30H,2,6-7H2,1,3-5,8H3/b20-15+,25-9+. The average molecular weight is 427 g/mol. The first kappa shape index (κ1) is 23.0. The van der Waals surface area contributed by atoms with Crippen molar-refractivity contribution in [3.8, 4) is 0 Å². The first-order chi connectivity index (χ1) is 15.2. The van der Waals surface area contributed by atoms with Gasteiger partial charge in [-0.15, -0.1) is 0 Å². The van der Waals surface area contributed by atoms with Crippen molar-refractivity contribution in [2.24, 2.45) is 13.0 Å². The number of aromatic nitrogens is 2. The van der Waals surface area contributed by atoms with Crippen molar-refractivity contribution < 1.29 is 0 Å². The fraction of sp³-hybridized carbons (Fsp3) is 0.214. The van der Waals surface area contributed by atoms with E-state index in [-0.39, 0.29) is 0 Å². The largest absolute Gasteiger partial charge is 0.362 e. The third-order valence-corrected chi connectivity index (χ3v) is 5.69. The SMILES string of the molecule is C=CNc1ccc2c(ccn2C(=C)c2cc(/C(C)=C/C(=C\C)NC(=C)C(C)C)cn2C)c1. The van der Waals surface area contributed by atoms with Crippen molar-refractivity contribution >= 4 is 27.9 Å². The molecule has 0 bridgehead atoms. The molecule has 0 aliphatic heterocycles. The summed E-state index contributed by atoms with van der Waals surface area (Å²) in [6, 6.07) is 10.6. The maximum atomic E-state index is 4.40. The van der Waals surface area contributed by atoms with Gasteiger partial charge in [-0.3, -0.25) is 0 Å². The van der Waals surface area contributed by atoms with Crippen LogP contribution in [-0.2, 0) is 7.05 Å². The molecule has 0 fully saturated rings. The van der Waals surface area contributed by atoms with E-state index >= 15 is 0 Å². The molecule has 0 saturated carbocycles. The van der Waals surface area contributed by atoms with Crippen LogP contribution in [0.1, 0.15) is 39.0 Å². The van der Waals surface area contributed by atoms with Crippen molar-refractivity contribution in [2.45, 2.75) is 27.7 Å². The lowest BCUT2D eigenvalue weighted by molar-refractivity contribution is 0.709. The Kier molecular flexibility index (Phi) is 6.94. The van der Waals surface area contributed by atoms with Gasteiger partial charge in [0.05, 0.1) is 16.9 Å². The Morgan fingerprint density at radius 2 is 1.88 bits per heavy atom. The molecule has 32 heavy (non-hydrogen) atoms. The molecule has 0 saturated heterocycles. The van der Waals surface area contributed by atoms with Gasteiger partial charge >= 0.3 is 0 Å². The first-order valence-electron chi connectivity index (χ1n) is 10.9. The van der Waals surface area contributed by atoms with Crippen molar-refractivity contribution in [3.05, 3.63) is 103 Å². The number of fused-ring (bicyclic) bond motifs is 1. The van der Waals surface area contributed by atoms with Crippen molar-refractivity contribution in [2.75, 3.05) is 5.32 Å². The van der Waals surface area contributed by atoms with Gasteiger partial charge in [-0.1, -0.05) is 39.7 Å². The maximum absolute atomic E-state index is 4.40. The molecule has 166 valence electrons. The van der Waals surface area contributed by atoms with Crippen LogP contribution in [0, 0.1) is 5.92 Å². The quantitative estimate of drug-likeness (QED) is 0.357. The molecule has 0 atom stereocenters. The Labute approximate surface area is 191 Å². The molecule has 0 aliphatic carbocycles. The van der Waals surface area contributed by atoms with E-state index in [9.17, 15) is 0 Å². The molecule has 1 aromatic carbocycles. The smallest absolute Gasteiger partial charge is 0.0648 e. The van der Waals surface area contributed by atoms with Crippen LogP contribution in [0.15, 0.2) is 92.2 Å². The number of nitrogens with one attached hydrogen (secondary N) is 2. The zero-order valence-corrected chi connectivity index (χ0v) is 19.9. The molecular formula is C28H34N4. The predicted molar refractivity (Wildman–Crippen MR) is 140 cm³/mol. The highest BCUT2D eigenvalue weighted by Gasteiger charge is 2.12. The molecule has 0 aliphatic rings. The zero-order valence-electron chi connectivity index (χ0n) is 19.9. The number of allylic oxidation sites excluding steroid dienone is 4. The van der Waals surface area contributed by atoms with E-state index in [1.54, 1.807) is 6.20 Å². The number of aryl methyl sites for hydroxylation is 1. The highest BCUT2D eigenvalue weighted by Crippen LogP contribution is 2.28. The van der Waals surface area contributed by atoms with E-state index in [0.717, 1.165) is 44.9 Å². The Balaban J connectivity index is 1.89. The van der Waals surface area contributed by atoms with E-state index in [0.29, 0.717) is 5.92 Å². The molecule has 4 nitrogen and oxygen atoms in total. The molecule has 0 spiro atoms. The summed E-state index contributed by atoms with van der Waals surface area (Å²) in [6.07, 6.45) is 10.1. The second kappa shape index (κ2) is 9.65. The minimum atomic E-state index is 0.380. The van der Waals surface area contributed by atoms with Crippen molar-refractivity contribution in [3.63, 3.8) is 0 Å². The van der Waals surface area contributed by atoms with Gasteiger partial charge in [0, 0.05) is 41.9 Å². The van der Waals surface area contributed by atoms with E-state index in [1.165, 1.54) is 5.57 Å². The fourth-order valence-corrected chi connectivity index (χ4v) is 3.61. The van der Waals surface area contributed by atoms with Crippen LogP contribution in [0.3, 0.4) is 0 Å². The lowest BCUT2D eigenvalue weighted by Gasteiger charge is -2.14. The third kappa shape index (κ3) is 4.80. The summed E-state index contributed by atoms with van der Waals surface area (Å²) in [6.45, 7) is 20.7. The second-order valence-electron chi connectivity index (χ2n) is 8.36. The summed E-state index contributed by atoms with van der Waals surface area (Å²) in [4.78, 5) is 0. The Morgan fingerprint density at radius 1 is 1.12 bits per heavy atom. The molecule has 2 heterocycles. The van der Waals surface area contributed by atoms with Crippen LogP contribution >= 0.6 is 0 Å². The molecule has 2 N–H and O–H groups in total. The van der Waals surface area contributed by atoms with Gasteiger partial charge in [0.1, 0.15) is 0 Å². The number of hydrogen-bond acceptors (Lipinski definition) is 2. The van der Waals surface area contributed by atoms with Crippen LogP contribution in [0.5, 0.6) is 0 Å². The van der Waals surface area contributed by atoms with Crippen LogP contribution in [0.4, 0.5) is 5.69 Å². The summed E-state index contributed by atoms with van der Waals surface area (Å²) in [5.74, 6) is 0.380. The van der Waals surface area contributed by atoms with Crippen LogP contribution in [0.2, 0.25) is 0 Å². The minimum absolute atomic E-state index is 0.380. The summed E-state index contributed by atoms with van der Waals surface area (Å²) in [7, 11) is 2.06. The van der Waals surface area contributed by atoms with Gasteiger partial charge in [0.15, 0.2) is 0 Å². The molecule has 2 aromatic heterocycles. The summed E-state index contributed by atoms with van der Waals surface area (Å²) >= 11 is 0. The third-order valence-electron chi connectivity index (χ3n) is 5.69. The van der Waals surface area contributed by atoms with Gasteiger partial charge in [0.2, 0.25) is 0 Å². The molecule has 0 amide bonds. The summed E-state index contributed by atoms with van der Waals surface area (Å²) in [5, 5.41) is 7.71. The minimum Gasteiger partial charge on any atom is -0.362 e. The Morgan fingerprint density at radius 3 is 2.53 bits per heavy atom. The monoisotopic (exact) mass is 426 g/mol. The van der Waals surface area contributed by atoms with E-state index in [4.69, 9.17) is 0 Å². The van der Waals surface area contributed by atoms with Gasteiger partial charge in [0.25, 0.3) is 0 Å². The van der Waals surface area contributed by atoms with Crippen LogP contribution in [-0.4, -0.2) is 9.13 Å². The lowest BCUT2D eigenvalue weighted by atomic mass is 10.1. The fourth-order valence-electron chi connectivity index (χ4n) is 3.61. The molecule has 3 aromatic rings. The van der Waals surface area contributed by atoms with Crippen LogP contribution in [0.25, 0.3) is 22.2 Å². The van der Waals surface area contributed by atoms with Gasteiger partial charge in [-0.25, -0.2) is 0 Å². The molecular weight excluding hydrogens is 392 g/mol. The maximum Gasteiger partial charge on any atom is 0.0648 e. The van der Waals surface area contributed by atoms with Crippen molar-refractivity contribution in [1.29, 1.82) is 0 Å². The summed E-state index contributed by atoms with van der Waals surface area (Å²) < 4.78 is 4.26. The summed E-state index contributed by atoms with van der Waals surface area (Å²) in [5.41, 5.74) is 8.53. The second-order valence-corrected chi connectivity index (χ2v) is 8.36. The average Bonchev–Trinajstić information content (AvgIpc) is 3.36. The molecule has 0 unspecified atom stereocenters. The van der Waals surface area contributed by atoms with E-state index < -0.39 is 0 Å². The highest BCUT2D eigenvalue weighted by atomic mass is 15.0. The normalized spacial score (nSPS) is 12.3. The van der Waals surface area contributed by atoms with Gasteiger partial charge < -0.3 is 19.8 Å². The lowest BCUT2D eigenvalue weighted by Crippen LogP contribution is -2.14.